The number of morpholine rings is 1. The van der Waals surface area contributed by atoms with E-state index in [1.165, 1.54) is 17.8 Å². The van der Waals surface area contributed by atoms with Crippen molar-refractivity contribution in [3.8, 4) is 5.69 Å². The predicted molar refractivity (Wildman–Crippen MR) is 120 cm³/mol. The number of halogens is 1. The molecule has 1 aliphatic heterocycles. The van der Waals surface area contributed by atoms with Gasteiger partial charge in [0, 0.05) is 18.8 Å². The average molecular weight is 442 g/mol. The molecule has 1 aliphatic rings. The summed E-state index contributed by atoms with van der Waals surface area (Å²) in [4.78, 5) is 14.6. The van der Waals surface area contributed by atoms with E-state index < -0.39 is 0 Å². The highest BCUT2D eigenvalue weighted by atomic mass is 32.2. The Labute approximate surface area is 184 Å². The number of benzene rings is 2. The second-order valence-electron chi connectivity index (χ2n) is 7.36. The maximum atomic E-state index is 13.7. The number of rotatable bonds is 6. The van der Waals surface area contributed by atoms with Crippen molar-refractivity contribution < 1.29 is 13.9 Å². The number of aromatic nitrogens is 3. The molecule has 0 saturated carbocycles. The van der Waals surface area contributed by atoms with Crippen LogP contribution in [-0.2, 0) is 9.53 Å². The van der Waals surface area contributed by atoms with Crippen LogP contribution in [0.1, 0.15) is 11.1 Å². The van der Waals surface area contributed by atoms with E-state index in [4.69, 9.17) is 4.74 Å². The van der Waals surface area contributed by atoms with E-state index in [2.05, 4.69) is 26.5 Å². The Hall–Kier alpha value is -2.91. The Bertz CT molecular complexity index is 1080. The van der Waals surface area contributed by atoms with Crippen LogP contribution in [0, 0.1) is 19.7 Å². The largest absolute Gasteiger partial charge is 0.378 e. The molecule has 1 aromatic heterocycles. The summed E-state index contributed by atoms with van der Waals surface area (Å²) in [6, 6.07) is 12.7. The van der Waals surface area contributed by atoms with Crippen molar-refractivity contribution >= 4 is 29.3 Å². The molecule has 1 fully saturated rings. The summed E-state index contributed by atoms with van der Waals surface area (Å²) in [5.74, 6) is 0.278. The third-order valence-corrected chi connectivity index (χ3v) is 5.89. The van der Waals surface area contributed by atoms with Gasteiger partial charge in [-0.15, -0.1) is 10.2 Å². The van der Waals surface area contributed by atoms with E-state index in [1.807, 2.05) is 29.7 Å². The SMILES string of the molecule is Cc1cccc(-n2c(SCC(=O)Nc3ccc(C)c(F)c3)nnc2N2CCOCC2)c1. The molecule has 0 spiro atoms. The van der Waals surface area contributed by atoms with Gasteiger partial charge in [0.1, 0.15) is 5.82 Å². The van der Waals surface area contributed by atoms with E-state index in [0.717, 1.165) is 30.3 Å². The summed E-state index contributed by atoms with van der Waals surface area (Å²) in [6.45, 7) is 6.45. The highest BCUT2D eigenvalue weighted by Gasteiger charge is 2.22. The summed E-state index contributed by atoms with van der Waals surface area (Å²) in [7, 11) is 0. The highest BCUT2D eigenvalue weighted by Crippen LogP contribution is 2.28. The molecule has 0 bridgehead atoms. The number of aryl methyl sites for hydroxylation is 2. The molecule has 7 nitrogen and oxygen atoms in total. The van der Waals surface area contributed by atoms with Gasteiger partial charge in [-0.3, -0.25) is 9.36 Å². The number of hydrogen-bond acceptors (Lipinski definition) is 6. The smallest absolute Gasteiger partial charge is 0.234 e. The van der Waals surface area contributed by atoms with Crippen LogP contribution in [0.4, 0.5) is 16.0 Å². The predicted octanol–water partition coefficient (Wildman–Crippen LogP) is 3.59. The minimum atomic E-state index is -0.347. The third-order valence-electron chi connectivity index (χ3n) is 4.96. The molecule has 1 amide bonds. The second kappa shape index (κ2) is 9.49. The Morgan fingerprint density at radius 1 is 1.16 bits per heavy atom. The number of carbonyl (C=O) groups excluding carboxylic acids is 1. The van der Waals surface area contributed by atoms with Crippen LogP contribution in [0.5, 0.6) is 0 Å². The van der Waals surface area contributed by atoms with Gasteiger partial charge in [0.25, 0.3) is 0 Å². The number of anilines is 2. The van der Waals surface area contributed by atoms with E-state index >= 15 is 0 Å². The molecule has 162 valence electrons. The van der Waals surface area contributed by atoms with Crippen molar-refractivity contribution in [2.75, 3.05) is 42.3 Å². The zero-order valence-corrected chi connectivity index (χ0v) is 18.3. The first-order chi connectivity index (χ1) is 15.0. The Kier molecular flexibility index (Phi) is 6.53. The van der Waals surface area contributed by atoms with E-state index in [-0.39, 0.29) is 17.5 Å². The number of ether oxygens (including phenoxy) is 1. The Morgan fingerprint density at radius 2 is 1.97 bits per heavy atom. The molecule has 0 aliphatic carbocycles. The van der Waals surface area contributed by atoms with Gasteiger partial charge in [-0.05, 0) is 49.2 Å². The highest BCUT2D eigenvalue weighted by molar-refractivity contribution is 7.99. The van der Waals surface area contributed by atoms with E-state index in [1.54, 1.807) is 19.1 Å². The zero-order valence-electron chi connectivity index (χ0n) is 17.5. The van der Waals surface area contributed by atoms with Crippen LogP contribution < -0.4 is 10.2 Å². The number of nitrogens with one attached hydrogen (secondary N) is 1. The minimum absolute atomic E-state index is 0.128. The van der Waals surface area contributed by atoms with Crippen LogP contribution in [0.2, 0.25) is 0 Å². The van der Waals surface area contributed by atoms with E-state index in [9.17, 15) is 9.18 Å². The van der Waals surface area contributed by atoms with Crippen molar-refractivity contribution in [2.24, 2.45) is 0 Å². The Balaban J connectivity index is 1.54. The van der Waals surface area contributed by atoms with E-state index in [0.29, 0.717) is 29.6 Å². The molecule has 3 aromatic rings. The van der Waals surface area contributed by atoms with Gasteiger partial charge in [-0.2, -0.15) is 0 Å². The molecule has 1 saturated heterocycles. The van der Waals surface area contributed by atoms with Gasteiger partial charge in [0.05, 0.1) is 24.7 Å². The molecular formula is C22H24FN5O2S. The Morgan fingerprint density at radius 3 is 2.71 bits per heavy atom. The van der Waals surface area contributed by atoms with Gasteiger partial charge in [0.2, 0.25) is 11.9 Å². The molecule has 4 rings (SSSR count). The summed E-state index contributed by atoms with van der Waals surface area (Å²) in [6.07, 6.45) is 0. The summed E-state index contributed by atoms with van der Waals surface area (Å²) < 4.78 is 21.2. The second-order valence-corrected chi connectivity index (χ2v) is 8.30. The van der Waals surface area contributed by atoms with Crippen LogP contribution in [0.25, 0.3) is 5.69 Å². The monoisotopic (exact) mass is 441 g/mol. The first-order valence-corrected chi connectivity index (χ1v) is 11.0. The van der Waals surface area contributed by atoms with Crippen molar-refractivity contribution in [3.63, 3.8) is 0 Å². The van der Waals surface area contributed by atoms with Gasteiger partial charge in [0.15, 0.2) is 5.16 Å². The van der Waals surface area contributed by atoms with Crippen molar-refractivity contribution in [1.29, 1.82) is 0 Å². The molecule has 0 unspecified atom stereocenters. The van der Waals surface area contributed by atoms with Gasteiger partial charge >= 0.3 is 0 Å². The van der Waals surface area contributed by atoms with Gasteiger partial charge in [-0.1, -0.05) is 30.0 Å². The first kappa shape index (κ1) is 21.3. The fraction of sp³-hybridized carbons (Fsp3) is 0.318. The molecule has 1 N–H and O–H groups in total. The molecular weight excluding hydrogens is 417 g/mol. The van der Waals surface area contributed by atoms with Crippen LogP contribution >= 0.6 is 11.8 Å². The number of hydrogen-bond donors (Lipinski definition) is 1. The van der Waals surface area contributed by atoms with Crippen molar-refractivity contribution in [3.05, 3.63) is 59.4 Å². The lowest BCUT2D eigenvalue weighted by molar-refractivity contribution is -0.113. The van der Waals surface area contributed by atoms with Crippen LogP contribution in [-0.4, -0.2) is 52.7 Å². The average Bonchev–Trinajstić information content (AvgIpc) is 3.19. The third kappa shape index (κ3) is 5.05. The standard InChI is InChI=1S/C22H24FN5O2S/c1-15-4-3-5-18(12-15)28-21(27-8-10-30-11-9-27)25-26-22(28)31-14-20(29)24-17-7-6-16(2)19(23)13-17/h3-7,12-13H,8-11,14H2,1-2H3,(H,24,29). The maximum Gasteiger partial charge on any atom is 0.234 e. The van der Waals surface area contributed by atoms with Crippen LogP contribution in [0.15, 0.2) is 47.6 Å². The minimum Gasteiger partial charge on any atom is -0.378 e. The summed E-state index contributed by atoms with van der Waals surface area (Å²) >= 11 is 1.29. The lowest BCUT2D eigenvalue weighted by atomic mass is 10.2. The molecule has 9 heteroatoms. The maximum absolute atomic E-state index is 13.7. The molecule has 0 atom stereocenters. The number of thioether (sulfide) groups is 1. The summed E-state index contributed by atoms with van der Waals surface area (Å²) in [5.41, 5.74) is 3.03. The first-order valence-electron chi connectivity index (χ1n) is 10.1. The fourth-order valence-electron chi connectivity index (χ4n) is 3.31. The lowest BCUT2D eigenvalue weighted by Crippen LogP contribution is -2.37. The van der Waals surface area contributed by atoms with Gasteiger partial charge in [-0.25, -0.2) is 4.39 Å². The summed E-state index contributed by atoms with van der Waals surface area (Å²) in [5, 5.41) is 12.1. The molecule has 2 heterocycles. The van der Waals surface area contributed by atoms with Crippen molar-refractivity contribution in [2.45, 2.75) is 19.0 Å². The van der Waals surface area contributed by atoms with Gasteiger partial charge < -0.3 is 15.0 Å². The lowest BCUT2D eigenvalue weighted by Gasteiger charge is -2.28. The zero-order chi connectivity index (χ0) is 21.8. The number of carbonyl (C=O) groups is 1. The quantitative estimate of drug-likeness (QED) is 0.590. The van der Waals surface area contributed by atoms with Crippen LogP contribution in [0.3, 0.4) is 0 Å². The van der Waals surface area contributed by atoms with Crippen molar-refractivity contribution in [1.82, 2.24) is 14.8 Å². The normalized spacial score (nSPS) is 14.0. The number of amides is 1. The topological polar surface area (TPSA) is 72.3 Å². The molecule has 31 heavy (non-hydrogen) atoms. The number of nitrogens with zero attached hydrogens (tertiary/aromatic N) is 4. The molecule has 0 radical (unpaired) electrons. The molecule has 2 aromatic carbocycles. The fourth-order valence-corrected chi connectivity index (χ4v) is 4.06.